The van der Waals surface area contributed by atoms with Gasteiger partial charge in [0.15, 0.2) is 0 Å². The van der Waals surface area contributed by atoms with E-state index in [0.717, 1.165) is 0 Å². The van der Waals surface area contributed by atoms with Gasteiger partial charge in [-0.25, -0.2) is 0 Å². The van der Waals surface area contributed by atoms with Crippen molar-refractivity contribution in [2.75, 3.05) is 6.67 Å². The second-order valence-corrected chi connectivity index (χ2v) is 1.94. The van der Waals surface area contributed by atoms with Crippen LogP contribution in [0.5, 0.6) is 0 Å². The summed E-state index contributed by atoms with van der Waals surface area (Å²) in [5, 5.41) is 0. The van der Waals surface area contributed by atoms with Gasteiger partial charge in [-0.1, -0.05) is 39.5 Å². The van der Waals surface area contributed by atoms with Crippen LogP contribution in [0.15, 0.2) is 0 Å². The Morgan fingerprint density at radius 1 is 0.889 bits per heavy atom. The number of hydrogen-bond acceptors (Lipinski definition) is 2. The molecule has 2 heteroatoms. The molecular formula is C7H20N2. The molecule has 0 aromatic heterocycles. The van der Waals surface area contributed by atoms with Gasteiger partial charge in [0, 0.05) is 6.67 Å². The van der Waals surface area contributed by atoms with Crippen molar-refractivity contribution in [3.8, 4) is 0 Å². The molecule has 0 fully saturated rings. The van der Waals surface area contributed by atoms with E-state index in [1.54, 1.807) is 0 Å². The van der Waals surface area contributed by atoms with E-state index in [4.69, 9.17) is 0 Å². The molecule has 0 heterocycles. The summed E-state index contributed by atoms with van der Waals surface area (Å²) in [5.41, 5.74) is 9.25. The van der Waals surface area contributed by atoms with E-state index < -0.39 is 0 Å². The van der Waals surface area contributed by atoms with Crippen LogP contribution in [0.4, 0.5) is 0 Å². The second kappa shape index (κ2) is 15.7. The molecule has 0 aliphatic carbocycles. The van der Waals surface area contributed by atoms with E-state index in [-0.39, 0.29) is 6.67 Å². The van der Waals surface area contributed by atoms with Gasteiger partial charge in [-0.3, -0.25) is 0 Å². The summed E-state index contributed by atoms with van der Waals surface area (Å²) in [4.78, 5) is 0. The lowest BCUT2D eigenvalue weighted by atomic mass is 10.2. The van der Waals surface area contributed by atoms with Crippen LogP contribution in [0, 0.1) is 0 Å². The summed E-state index contributed by atoms with van der Waals surface area (Å²) < 4.78 is 0. The van der Waals surface area contributed by atoms with Crippen molar-refractivity contribution in [3.63, 3.8) is 0 Å². The Kier molecular flexibility index (Phi) is 20.3. The molecule has 9 heavy (non-hydrogen) atoms. The fraction of sp³-hybridized carbons (Fsp3) is 1.00. The molecule has 0 rings (SSSR count). The van der Waals surface area contributed by atoms with Gasteiger partial charge in [-0.15, -0.1) is 0 Å². The Morgan fingerprint density at radius 3 is 1.22 bits per heavy atom. The van der Waals surface area contributed by atoms with Gasteiger partial charge in [0.05, 0.1) is 0 Å². The molecule has 0 aliphatic rings. The maximum Gasteiger partial charge on any atom is 0.0403 e. The maximum atomic E-state index is 4.62. The standard InChI is InChI=1S/C6H14.CH6N2/c1-3-5-6-4-2;2-1-3/h3-6H2,1-2H3;1-3H2. The van der Waals surface area contributed by atoms with Crippen LogP contribution in [-0.4, -0.2) is 6.67 Å². The zero-order valence-electron chi connectivity index (χ0n) is 6.69. The molecule has 0 saturated carbocycles. The summed E-state index contributed by atoms with van der Waals surface area (Å²) in [6.07, 6.45) is 5.54. The normalized spacial score (nSPS) is 8.00. The second-order valence-electron chi connectivity index (χ2n) is 1.94. The minimum Gasteiger partial charge on any atom is -0.319 e. The first-order valence-electron chi connectivity index (χ1n) is 3.73. The highest BCUT2D eigenvalue weighted by molar-refractivity contribution is 4.31. The number of hydrogen-bond donors (Lipinski definition) is 2. The highest BCUT2D eigenvalue weighted by Crippen LogP contribution is 1.95. The molecule has 58 valence electrons. The first kappa shape index (κ1) is 11.7. The van der Waals surface area contributed by atoms with E-state index >= 15 is 0 Å². The lowest BCUT2D eigenvalue weighted by Crippen LogP contribution is -2.08. The summed E-state index contributed by atoms with van der Waals surface area (Å²) >= 11 is 0. The van der Waals surface area contributed by atoms with E-state index in [2.05, 4.69) is 25.3 Å². The molecule has 0 saturated heterocycles. The number of nitrogens with two attached hydrogens (primary N) is 2. The Bertz CT molecular complexity index is 26.1. The third-order valence-corrected chi connectivity index (χ3v) is 0.957. The molecule has 0 spiro atoms. The van der Waals surface area contributed by atoms with Crippen LogP contribution in [-0.2, 0) is 0 Å². The molecular weight excluding hydrogens is 112 g/mol. The van der Waals surface area contributed by atoms with Crippen molar-refractivity contribution in [3.05, 3.63) is 0 Å². The molecule has 0 aromatic carbocycles. The summed E-state index contributed by atoms with van der Waals surface area (Å²) in [7, 11) is 0. The van der Waals surface area contributed by atoms with E-state index in [1.807, 2.05) is 0 Å². The average Bonchev–Trinajstić information content (AvgIpc) is 1.86. The van der Waals surface area contributed by atoms with Crippen molar-refractivity contribution in [1.82, 2.24) is 0 Å². The highest BCUT2D eigenvalue weighted by atomic mass is 14.7. The van der Waals surface area contributed by atoms with Crippen LogP contribution in [0.25, 0.3) is 0 Å². The first-order chi connectivity index (χ1) is 4.33. The largest absolute Gasteiger partial charge is 0.319 e. The smallest absolute Gasteiger partial charge is 0.0403 e. The predicted molar refractivity (Wildman–Crippen MR) is 43.1 cm³/mol. The summed E-state index contributed by atoms with van der Waals surface area (Å²) in [6, 6.07) is 0. The minimum atomic E-state index is 0.250. The number of rotatable bonds is 3. The maximum absolute atomic E-state index is 4.62. The van der Waals surface area contributed by atoms with Gasteiger partial charge < -0.3 is 11.5 Å². The fourth-order valence-corrected chi connectivity index (χ4v) is 0.500. The van der Waals surface area contributed by atoms with Crippen LogP contribution < -0.4 is 11.5 Å². The first-order valence-corrected chi connectivity index (χ1v) is 3.73. The van der Waals surface area contributed by atoms with Crippen molar-refractivity contribution in [1.29, 1.82) is 0 Å². The third kappa shape index (κ3) is 32.6. The molecule has 0 bridgehead atoms. The fourth-order valence-electron chi connectivity index (χ4n) is 0.500. The van der Waals surface area contributed by atoms with Crippen molar-refractivity contribution >= 4 is 0 Å². The predicted octanol–water partition coefficient (Wildman–Crippen LogP) is 1.45. The molecule has 2 nitrogen and oxygen atoms in total. The Labute approximate surface area is 58.6 Å². The van der Waals surface area contributed by atoms with Crippen molar-refractivity contribution < 1.29 is 0 Å². The lowest BCUT2D eigenvalue weighted by Gasteiger charge is -1.86. The average molecular weight is 132 g/mol. The minimum absolute atomic E-state index is 0.250. The zero-order valence-corrected chi connectivity index (χ0v) is 6.69. The number of unbranched alkanes of at least 4 members (excludes halogenated alkanes) is 3. The van der Waals surface area contributed by atoms with Crippen molar-refractivity contribution in [2.45, 2.75) is 39.5 Å². The topological polar surface area (TPSA) is 52.0 Å². The molecule has 0 atom stereocenters. The van der Waals surface area contributed by atoms with Gasteiger partial charge >= 0.3 is 0 Å². The summed E-state index contributed by atoms with van der Waals surface area (Å²) in [5.74, 6) is 0. The van der Waals surface area contributed by atoms with E-state index in [1.165, 1.54) is 25.7 Å². The van der Waals surface area contributed by atoms with E-state index in [0.29, 0.717) is 0 Å². The quantitative estimate of drug-likeness (QED) is 0.451. The molecule has 0 aliphatic heterocycles. The molecule has 0 aromatic rings. The third-order valence-electron chi connectivity index (χ3n) is 0.957. The monoisotopic (exact) mass is 132 g/mol. The molecule has 4 N–H and O–H groups in total. The van der Waals surface area contributed by atoms with Crippen LogP contribution in [0.2, 0.25) is 0 Å². The van der Waals surface area contributed by atoms with Crippen LogP contribution in [0.3, 0.4) is 0 Å². The van der Waals surface area contributed by atoms with Crippen LogP contribution in [0.1, 0.15) is 39.5 Å². The highest BCUT2D eigenvalue weighted by Gasteiger charge is 1.75. The Balaban J connectivity index is 0. The van der Waals surface area contributed by atoms with Gasteiger partial charge in [-0.2, -0.15) is 0 Å². The SMILES string of the molecule is CCCCCC.NCN. The molecule has 0 radical (unpaired) electrons. The molecule has 0 unspecified atom stereocenters. The van der Waals surface area contributed by atoms with Gasteiger partial charge in [0.2, 0.25) is 0 Å². The van der Waals surface area contributed by atoms with Gasteiger partial charge in [-0.05, 0) is 0 Å². The van der Waals surface area contributed by atoms with Crippen LogP contribution >= 0.6 is 0 Å². The molecule has 0 amide bonds. The summed E-state index contributed by atoms with van der Waals surface area (Å²) in [6.45, 7) is 4.71. The van der Waals surface area contributed by atoms with Gasteiger partial charge in [0.25, 0.3) is 0 Å². The zero-order chi connectivity index (χ0) is 7.54. The Morgan fingerprint density at radius 2 is 1.11 bits per heavy atom. The Hall–Kier alpha value is -0.0800. The van der Waals surface area contributed by atoms with Gasteiger partial charge in [0.1, 0.15) is 0 Å². The lowest BCUT2D eigenvalue weighted by molar-refractivity contribution is 0.702. The van der Waals surface area contributed by atoms with Crippen molar-refractivity contribution in [2.24, 2.45) is 11.5 Å². The van der Waals surface area contributed by atoms with E-state index in [9.17, 15) is 0 Å².